The summed E-state index contributed by atoms with van der Waals surface area (Å²) in [7, 11) is 0. The summed E-state index contributed by atoms with van der Waals surface area (Å²) in [4.78, 5) is 42.6. The van der Waals surface area contributed by atoms with E-state index in [1.807, 2.05) is 30.3 Å². The van der Waals surface area contributed by atoms with E-state index in [9.17, 15) is 27.6 Å². The van der Waals surface area contributed by atoms with Crippen LogP contribution in [0.25, 0.3) is 10.9 Å². The van der Waals surface area contributed by atoms with Crippen molar-refractivity contribution in [3.63, 3.8) is 0 Å². The molecule has 2 amide bonds. The summed E-state index contributed by atoms with van der Waals surface area (Å²) in [6, 6.07) is 21.0. The fourth-order valence-electron chi connectivity index (χ4n) is 4.03. The fraction of sp³-hybridized carbons (Fsp3) is 0.241. The van der Waals surface area contributed by atoms with Gasteiger partial charge in [-0.1, -0.05) is 60.3 Å². The second-order valence-electron chi connectivity index (χ2n) is 8.97. The highest BCUT2D eigenvalue weighted by Gasteiger charge is 2.30. The van der Waals surface area contributed by atoms with Gasteiger partial charge in [-0.05, 0) is 48.7 Å². The molecule has 0 spiro atoms. The highest BCUT2D eigenvalue weighted by Crippen LogP contribution is 2.30. The van der Waals surface area contributed by atoms with Crippen LogP contribution in [0.15, 0.2) is 88.8 Å². The van der Waals surface area contributed by atoms with Gasteiger partial charge in [-0.2, -0.15) is 13.2 Å². The van der Waals surface area contributed by atoms with E-state index in [2.05, 4.69) is 15.6 Å². The average Bonchev–Trinajstić information content (AvgIpc) is 2.93. The molecule has 0 atom stereocenters. The number of halogens is 3. The maximum absolute atomic E-state index is 13.2. The molecular weight excluding hydrogens is 541 g/mol. The number of hydrogen-bond acceptors (Lipinski definition) is 5. The molecule has 0 unspecified atom stereocenters. The molecule has 1 heterocycles. The van der Waals surface area contributed by atoms with Crippen molar-refractivity contribution in [1.82, 2.24) is 14.9 Å². The number of aromatic nitrogens is 2. The Bertz CT molecular complexity index is 1540. The third-order valence-corrected chi connectivity index (χ3v) is 6.97. The number of nitrogens with one attached hydrogen (secondary N) is 2. The van der Waals surface area contributed by atoms with Gasteiger partial charge in [-0.3, -0.25) is 19.0 Å². The predicted octanol–water partition coefficient (Wildman–Crippen LogP) is 5.29. The van der Waals surface area contributed by atoms with Gasteiger partial charge >= 0.3 is 6.18 Å². The summed E-state index contributed by atoms with van der Waals surface area (Å²) in [5.74, 6) is -0.857. The largest absolute Gasteiger partial charge is 0.416 e. The summed E-state index contributed by atoms with van der Waals surface area (Å²) in [6.07, 6.45) is -3.24. The monoisotopic (exact) mass is 568 g/mol. The smallest absolute Gasteiger partial charge is 0.356 e. The van der Waals surface area contributed by atoms with Crippen LogP contribution in [0.4, 0.5) is 18.9 Å². The number of hydrogen-bond donors (Lipinski definition) is 2. The second kappa shape index (κ2) is 13.3. The number of carbonyl (C=O) groups excluding carboxylic acids is 2. The minimum Gasteiger partial charge on any atom is -0.356 e. The zero-order chi connectivity index (χ0) is 28.5. The van der Waals surface area contributed by atoms with E-state index in [0.717, 1.165) is 29.5 Å². The molecule has 4 rings (SSSR count). The second-order valence-corrected chi connectivity index (χ2v) is 9.92. The molecular formula is C29H27F3N4O3S. The van der Waals surface area contributed by atoms with Gasteiger partial charge in [0.25, 0.3) is 5.56 Å². The zero-order valence-electron chi connectivity index (χ0n) is 21.4. The summed E-state index contributed by atoms with van der Waals surface area (Å²) in [5.41, 5.74) is 0.434. The van der Waals surface area contributed by atoms with Crippen molar-refractivity contribution in [2.24, 2.45) is 0 Å². The van der Waals surface area contributed by atoms with Crippen molar-refractivity contribution in [2.75, 3.05) is 17.6 Å². The Morgan fingerprint density at radius 2 is 1.68 bits per heavy atom. The van der Waals surface area contributed by atoms with Crippen LogP contribution < -0.4 is 16.2 Å². The highest BCUT2D eigenvalue weighted by atomic mass is 32.2. The number of rotatable bonds is 11. The highest BCUT2D eigenvalue weighted by molar-refractivity contribution is 7.99. The predicted molar refractivity (Wildman–Crippen MR) is 149 cm³/mol. The number of anilines is 1. The first kappa shape index (κ1) is 28.9. The lowest BCUT2D eigenvalue weighted by molar-refractivity contribution is -0.137. The number of para-hydroxylation sites is 1. The third-order valence-electron chi connectivity index (χ3n) is 6.00. The van der Waals surface area contributed by atoms with Crippen LogP contribution in [0.3, 0.4) is 0 Å². The lowest BCUT2D eigenvalue weighted by Crippen LogP contribution is -2.27. The van der Waals surface area contributed by atoms with Gasteiger partial charge < -0.3 is 10.6 Å². The Hall–Kier alpha value is -4.12. The molecule has 4 aromatic rings. The molecule has 0 fully saturated rings. The molecule has 0 aliphatic carbocycles. The number of benzene rings is 3. The Labute approximate surface area is 232 Å². The minimum absolute atomic E-state index is 0.0163. The third kappa shape index (κ3) is 7.95. The van der Waals surface area contributed by atoms with Gasteiger partial charge in [0.15, 0.2) is 5.16 Å². The molecule has 0 aliphatic rings. The van der Waals surface area contributed by atoms with Gasteiger partial charge in [-0.25, -0.2) is 4.98 Å². The van der Waals surface area contributed by atoms with Gasteiger partial charge in [-0.15, -0.1) is 0 Å². The van der Waals surface area contributed by atoms with Gasteiger partial charge in [0, 0.05) is 25.2 Å². The first-order chi connectivity index (χ1) is 19.2. The zero-order valence-corrected chi connectivity index (χ0v) is 22.2. The molecule has 0 saturated heterocycles. The molecule has 7 nitrogen and oxygen atoms in total. The standard InChI is InChI=1S/C29H27F3N4O3S/c30-29(31,32)21-10-6-11-22(18-21)34-26(38)19-40-28-35-24-13-5-4-12-23(24)27(39)36(28)17-7-14-25(37)33-16-15-20-8-2-1-3-9-20/h1-6,8-13,18H,7,14-17,19H2,(H,33,37)(H,34,38). The van der Waals surface area contributed by atoms with Crippen LogP contribution in [0.1, 0.15) is 24.0 Å². The maximum atomic E-state index is 13.2. The Morgan fingerprint density at radius 3 is 2.45 bits per heavy atom. The molecule has 0 bridgehead atoms. The molecule has 1 aromatic heterocycles. The van der Waals surface area contributed by atoms with E-state index >= 15 is 0 Å². The number of nitrogens with zero attached hydrogens (tertiary/aromatic N) is 2. The van der Waals surface area contributed by atoms with E-state index in [4.69, 9.17) is 0 Å². The summed E-state index contributed by atoms with van der Waals surface area (Å²) < 4.78 is 40.4. The van der Waals surface area contributed by atoms with Crippen LogP contribution in [0.5, 0.6) is 0 Å². The maximum Gasteiger partial charge on any atom is 0.416 e. The van der Waals surface area contributed by atoms with Crippen LogP contribution in [0.2, 0.25) is 0 Å². The van der Waals surface area contributed by atoms with E-state index in [0.29, 0.717) is 30.3 Å². The average molecular weight is 569 g/mol. The van der Waals surface area contributed by atoms with Crippen molar-refractivity contribution in [3.05, 3.63) is 100 Å². The van der Waals surface area contributed by atoms with Crippen molar-refractivity contribution in [2.45, 2.75) is 37.1 Å². The molecule has 3 aromatic carbocycles. The molecule has 0 saturated carbocycles. The molecule has 11 heteroatoms. The molecule has 208 valence electrons. The molecule has 2 N–H and O–H groups in total. The number of amides is 2. The summed E-state index contributed by atoms with van der Waals surface area (Å²) >= 11 is 1.00. The van der Waals surface area contributed by atoms with Crippen LogP contribution in [-0.4, -0.2) is 33.7 Å². The fourth-order valence-corrected chi connectivity index (χ4v) is 4.86. The van der Waals surface area contributed by atoms with Crippen LogP contribution >= 0.6 is 11.8 Å². The van der Waals surface area contributed by atoms with Crippen molar-refractivity contribution in [3.8, 4) is 0 Å². The summed E-state index contributed by atoms with van der Waals surface area (Å²) in [6.45, 7) is 0.711. The Balaban J connectivity index is 1.38. The first-order valence-corrected chi connectivity index (χ1v) is 13.6. The molecule has 0 aliphatic heterocycles. The van der Waals surface area contributed by atoms with E-state index < -0.39 is 17.6 Å². The summed E-state index contributed by atoms with van der Waals surface area (Å²) in [5, 5.41) is 6.03. The quantitative estimate of drug-likeness (QED) is 0.190. The van der Waals surface area contributed by atoms with Gasteiger partial charge in [0.1, 0.15) is 0 Å². The number of alkyl halides is 3. The topological polar surface area (TPSA) is 93.1 Å². The SMILES string of the molecule is O=C(CCCn1c(SCC(=O)Nc2cccc(C(F)(F)F)c2)nc2ccccc2c1=O)NCCc1ccccc1. The van der Waals surface area contributed by atoms with E-state index in [-0.39, 0.29) is 41.0 Å². The van der Waals surface area contributed by atoms with Crippen LogP contribution in [-0.2, 0) is 28.7 Å². The number of fused-ring (bicyclic) bond motifs is 1. The molecule has 0 radical (unpaired) electrons. The Morgan fingerprint density at radius 1 is 0.925 bits per heavy atom. The lowest BCUT2D eigenvalue weighted by Gasteiger charge is -2.13. The van der Waals surface area contributed by atoms with E-state index in [1.165, 1.54) is 16.7 Å². The normalized spacial score (nSPS) is 11.4. The van der Waals surface area contributed by atoms with Crippen molar-refractivity contribution in [1.29, 1.82) is 0 Å². The number of thioether (sulfide) groups is 1. The minimum atomic E-state index is -4.53. The van der Waals surface area contributed by atoms with E-state index in [1.54, 1.807) is 24.3 Å². The number of carbonyl (C=O) groups is 2. The van der Waals surface area contributed by atoms with Gasteiger partial charge in [0.05, 0.1) is 22.2 Å². The first-order valence-electron chi connectivity index (χ1n) is 12.6. The Kier molecular flexibility index (Phi) is 9.60. The van der Waals surface area contributed by atoms with Crippen molar-refractivity contribution >= 4 is 40.2 Å². The van der Waals surface area contributed by atoms with Crippen LogP contribution in [0, 0.1) is 0 Å². The lowest BCUT2D eigenvalue weighted by atomic mass is 10.1. The van der Waals surface area contributed by atoms with Crippen molar-refractivity contribution < 1.29 is 22.8 Å². The molecule has 40 heavy (non-hydrogen) atoms. The van der Waals surface area contributed by atoms with Gasteiger partial charge in [0.2, 0.25) is 11.8 Å².